The van der Waals surface area contributed by atoms with Gasteiger partial charge in [0.2, 0.25) is 0 Å². The van der Waals surface area contributed by atoms with Crippen molar-refractivity contribution in [2.45, 2.75) is 12.5 Å². The van der Waals surface area contributed by atoms with Gasteiger partial charge in [0.15, 0.2) is 0 Å². The Kier molecular flexibility index (Phi) is 3.39. The van der Waals surface area contributed by atoms with Crippen LogP contribution in [0.3, 0.4) is 0 Å². The molecule has 0 fully saturated rings. The molecule has 88 valence electrons. The SMILES string of the molecule is OC(Cc1ccc(F)cc1F)c1cncnc1. The quantitative estimate of drug-likeness (QED) is 0.886. The molecule has 1 unspecified atom stereocenters. The molecule has 2 rings (SSSR count). The molecule has 2 aromatic rings. The Hall–Kier alpha value is -1.88. The molecule has 0 aliphatic carbocycles. The highest BCUT2D eigenvalue weighted by molar-refractivity contribution is 5.21. The zero-order chi connectivity index (χ0) is 12.3. The maximum atomic E-state index is 13.3. The highest BCUT2D eigenvalue weighted by Crippen LogP contribution is 2.19. The lowest BCUT2D eigenvalue weighted by molar-refractivity contribution is 0.176. The number of nitrogens with zero attached hydrogens (tertiary/aromatic N) is 2. The van der Waals surface area contributed by atoms with Crippen molar-refractivity contribution in [2.24, 2.45) is 0 Å². The van der Waals surface area contributed by atoms with Crippen LogP contribution in [0.1, 0.15) is 17.2 Å². The molecule has 1 aromatic carbocycles. The first-order valence-electron chi connectivity index (χ1n) is 5.03. The lowest BCUT2D eigenvalue weighted by Gasteiger charge is -2.10. The van der Waals surface area contributed by atoms with Gasteiger partial charge < -0.3 is 5.11 Å². The minimum atomic E-state index is -0.906. The molecular weight excluding hydrogens is 226 g/mol. The van der Waals surface area contributed by atoms with E-state index >= 15 is 0 Å². The molecule has 5 heteroatoms. The Balaban J connectivity index is 2.16. The molecule has 0 bridgehead atoms. The van der Waals surface area contributed by atoms with Gasteiger partial charge in [-0.25, -0.2) is 18.7 Å². The number of aliphatic hydroxyl groups excluding tert-OH is 1. The lowest BCUT2D eigenvalue weighted by Crippen LogP contribution is -2.04. The Labute approximate surface area is 96.8 Å². The van der Waals surface area contributed by atoms with Crippen LogP contribution in [-0.2, 0) is 6.42 Å². The third-order valence-electron chi connectivity index (χ3n) is 2.39. The first-order valence-corrected chi connectivity index (χ1v) is 5.03. The molecule has 0 radical (unpaired) electrons. The van der Waals surface area contributed by atoms with Crippen LogP contribution in [0, 0.1) is 11.6 Å². The van der Waals surface area contributed by atoms with Gasteiger partial charge in [-0.15, -0.1) is 0 Å². The van der Waals surface area contributed by atoms with Crippen LogP contribution < -0.4 is 0 Å². The van der Waals surface area contributed by atoms with Crippen LogP contribution in [0.2, 0.25) is 0 Å². The molecule has 1 heterocycles. The van der Waals surface area contributed by atoms with E-state index in [9.17, 15) is 13.9 Å². The van der Waals surface area contributed by atoms with Crippen molar-refractivity contribution in [1.29, 1.82) is 0 Å². The third-order valence-corrected chi connectivity index (χ3v) is 2.39. The molecule has 0 saturated heterocycles. The van der Waals surface area contributed by atoms with Crippen molar-refractivity contribution >= 4 is 0 Å². The summed E-state index contributed by atoms with van der Waals surface area (Å²) in [6, 6.07) is 3.27. The van der Waals surface area contributed by atoms with E-state index in [0.29, 0.717) is 5.56 Å². The number of halogens is 2. The van der Waals surface area contributed by atoms with E-state index in [1.54, 1.807) is 0 Å². The van der Waals surface area contributed by atoms with Crippen LogP contribution in [0.25, 0.3) is 0 Å². The highest BCUT2D eigenvalue weighted by Gasteiger charge is 2.12. The molecule has 17 heavy (non-hydrogen) atoms. The van der Waals surface area contributed by atoms with Gasteiger partial charge in [0.05, 0.1) is 6.10 Å². The summed E-state index contributed by atoms with van der Waals surface area (Å²) in [6.45, 7) is 0. The number of hydrogen-bond acceptors (Lipinski definition) is 3. The monoisotopic (exact) mass is 236 g/mol. The van der Waals surface area contributed by atoms with E-state index in [2.05, 4.69) is 9.97 Å². The predicted molar refractivity (Wildman–Crippen MR) is 57.1 cm³/mol. The fourth-order valence-electron chi connectivity index (χ4n) is 1.50. The van der Waals surface area contributed by atoms with E-state index < -0.39 is 17.7 Å². The van der Waals surface area contributed by atoms with E-state index in [1.807, 2.05) is 0 Å². The summed E-state index contributed by atoms with van der Waals surface area (Å²) in [5, 5.41) is 9.83. The molecule has 0 spiro atoms. The summed E-state index contributed by atoms with van der Waals surface area (Å²) in [5.74, 6) is -1.30. The molecule has 1 aromatic heterocycles. The molecule has 0 aliphatic heterocycles. The molecule has 3 nitrogen and oxygen atoms in total. The number of rotatable bonds is 3. The minimum Gasteiger partial charge on any atom is -0.388 e. The lowest BCUT2D eigenvalue weighted by atomic mass is 10.0. The van der Waals surface area contributed by atoms with Gasteiger partial charge in [0, 0.05) is 30.4 Å². The first-order chi connectivity index (χ1) is 8.16. The maximum Gasteiger partial charge on any atom is 0.129 e. The Morgan fingerprint density at radius 3 is 2.53 bits per heavy atom. The maximum absolute atomic E-state index is 13.3. The summed E-state index contributed by atoms with van der Waals surface area (Å²) in [4.78, 5) is 7.52. The number of aromatic nitrogens is 2. The Bertz CT molecular complexity index is 505. The second kappa shape index (κ2) is 4.97. The second-order valence-corrected chi connectivity index (χ2v) is 3.63. The topological polar surface area (TPSA) is 46.0 Å². The van der Waals surface area contributed by atoms with Gasteiger partial charge in [0.1, 0.15) is 18.0 Å². The van der Waals surface area contributed by atoms with Crippen LogP contribution in [-0.4, -0.2) is 15.1 Å². The summed E-state index contributed by atoms with van der Waals surface area (Å²) in [7, 11) is 0. The standard InChI is InChI=1S/C12H10F2N2O/c13-10-2-1-8(11(14)4-10)3-12(17)9-5-15-7-16-6-9/h1-2,4-7,12,17H,3H2. The normalized spacial score (nSPS) is 12.4. The van der Waals surface area contributed by atoms with Crippen molar-refractivity contribution < 1.29 is 13.9 Å². The molecule has 0 aliphatic rings. The summed E-state index contributed by atoms with van der Waals surface area (Å²) >= 11 is 0. The highest BCUT2D eigenvalue weighted by atomic mass is 19.1. The average Bonchev–Trinajstić information content (AvgIpc) is 2.34. The van der Waals surface area contributed by atoms with E-state index in [-0.39, 0.29) is 12.0 Å². The summed E-state index contributed by atoms with van der Waals surface area (Å²) in [6.07, 6.45) is 3.41. The predicted octanol–water partition coefficient (Wildman–Crippen LogP) is 2.03. The largest absolute Gasteiger partial charge is 0.388 e. The zero-order valence-electron chi connectivity index (χ0n) is 8.85. The van der Waals surface area contributed by atoms with Crippen molar-refractivity contribution in [2.75, 3.05) is 0 Å². The van der Waals surface area contributed by atoms with Gasteiger partial charge in [-0.1, -0.05) is 6.07 Å². The number of hydrogen-bond donors (Lipinski definition) is 1. The number of aliphatic hydroxyl groups is 1. The Morgan fingerprint density at radius 1 is 1.18 bits per heavy atom. The van der Waals surface area contributed by atoms with Crippen molar-refractivity contribution in [3.05, 3.63) is 59.7 Å². The Morgan fingerprint density at radius 2 is 1.88 bits per heavy atom. The second-order valence-electron chi connectivity index (χ2n) is 3.63. The van der Waals surface area contributed by atoms with Crippen LogP contribution in [0.5, 0.6) is 0 Å². The van der Waals surface area contributed by atoms with Gasteiger partial charge in [-0.3, -0.25) is 0 Å². The van der Waals surface area contributed by atoms with Gasteiger partial charge in [0.25, 0.3) is 0 Å². The molecule has 1 atom stereocenters. The third kappa shape index (κ3) is 2.82. The fraction of sp³-hybridized carbons (Fsp3) is 0.167. The van der Waals surface area contributed by atoms with Crippen molar-refractivity contribution in [3.63, 3.8) is 0 Å². The van der Waals surface area contributed by atoms with Crippen LogP contribution >= 0.6 is 0 Å². The van der Waals surface area contributed by atoms with E-state index in [1.165, 1.54) is 24.8 Å². The summed E-state index contributed by atoms with van der Waals surface area (Å²) < 4.78 is 26.0. The molecule has 0 amide bonds. The van der Waals surface area contributed by atoms with E-state index in [4.69, 9.17) is 0 Å². The van der Waals surface area contributed by atoms with Gasteiger partial charge in [-0.2, -0.15) is 0 Å². The molecule has 0 saturated carbocycles. The fourth-order valence-corrected chi connectivity index (χ4v) is 1.50. The smallest absolute Gasteiger partial charge is 0.129 e. The average molecular weight is 236 g/mol. The zero-order valence-corrected chi connectivity index (χ0v) is 8.85. The minimum absolute atomic E-state index is 0.0550. The molecular formula is C12H10F2N2O. The molecule has 1 N–H and O–H groups in total. The van der Waals surface area contributed by atoms with Gasteiger partial charge in [-0.05, 0) is 11.6 Å². The summed E-state index contributed by atoms with van der Waals surface area (Å²) in [5.41, 5.74) is 0.749. The van der Waals surface area contributed by atoms with E-state index in [0.717, 1.165) is 12.1 Å². The van der Waals surface area contributed by atoms with Gasteiger partial charge >= 0.3 is 0 Å². The first kappa shape index (κ1) is 11.6. The van der Waals surface area contributed by atoms with Crippen molar-refractivity contribution in [3.8, 4) is 0 Å². The van der Waals surface area contributed by atoms with Crippen molar-refractivity contribution in [1.82, 2.24) is 9.97 Å². The van der Waals surface area contributed by atoms with Crippen LogP contribution in [0.15, 0.2) is 36.9 Å². The van der Waals surface area contributed by atoms with Crippen LogP contribution in [0.4, 0.5) is 8.78 Å². The number of benzene rings is 1.